The second-order valence-corrected chi connectivity index (χ2v) is 4.82. The van der Waals surface area contributed by atoms with E-state index < -0.39 is 0 Å². The lowest BCUT2D eigenvalue weighted by molar-refractivity contribution is 0.0940. The van der Waals surface area contributed by atoms with Crippen LogP contribution in [0.1, 0.15) is 34.5 Å². The Bertz CT molecular complexity index is 676. The van der Waals surface area contributed by atoms with Crippen molar-refractivity contribution in [2.45, 2.75) is 13.0 Å². The maximum absolute atomic E-state index is 12.1. The molecule has 0 heterocycles. The Balaban J connectivity index is 2.15. The van der Waals surface area contributed by atoms with E-state index in [1.54, 1.807) is 30.3 Å². The lowest BCUT2D eigenvalue weighted by Gasteiger charge is -2.15. The zero-order chi connectivity index (χ0) is 14.5. The van der Waals surface area contributed by atoms with Gasteiger partial charge in [-0.25, -0.2) is 0 Å². The van der Waals surface area contributed by atoms with Gasteiger partial charge in [0, 0.05) is 10.6 Å². The van der Waals surface area contributed by atoms with Crippen LogP contribution in [0.3, 0.4) is 0 Å². The summed E-state index contributed by atoms with van der Waals surface area (Å²) in [5.74, 6) is -0.227. The molecule has 0 aliphatic rings. The van der Waals surface area contributed by atoms with Crippen molar-refractivity contribution in [1.29, 1.82) is 5.26 Å². The largest absolute Gasteiger partial charge is 0.345 e. The van der Waals surface area contributed by atoms with Crippen LogP contribution in [0.2, 0.25) is 5.02 Å². The van der Waals surface area contributed by atoms with Crippen LogP contribution in [0, 0.1) is 11.3 Å². The van der Waals surface area contributed by atoms with Crippen LogP contribution in [0.25, 0.3) is 0 Å². The van der Waals surface area contributed by atoms with Crippen LogP contribution in [0.4, 0.5) is 0 Å². The zero-order valence-electron chi connectivity index (χ0n) is 10.9. The number of benzene rings is 2. The molecule has 0 unspecified atom stereocenters. The van der Waals surface area contributed by atoms with Crippen molar-refractivity contribution >= 4 is 17.5 Å². The fraction of sp³-hybridized carbons (Fsp3) is 0.125. The molecule has 2 rings (SSSR count). The van der Waals surface area contributed by atoms with Gasteiger partial charge in [0.1, 0.15) is 0 Å². The molecule has 2 aromatic rings. The summed E-state index contributed by atoms with van der Waals surface area (Å²) < 4.78 is 0. The minimum atomic E-state index is -0.227. The fourth-order valence-electron chi connectivity index (χ4n) is 1.91. The first kappa shape index (κ1) is 14.1. The number of hydrogen-bond acceptors (Lipinski definition) is 2. The molecule has 2 aromatic carbocycles. The van der Waals surface area contributed by atoms with E-state index in [9.17, 15) is 4.79 Å². The van der Waals surface area contributed by atoms with E-state index in [1.165, 1.54) is 0 Å². The van der Waals surface area contributed by atoms with E-state index >= 15 is 0 Å². The molecule has 0 aliphatic carbocycles. The molecule has 0 bridgehead atoms. The van der Waals surface area contributed by atoms with Gasteiger partial charge in [-0.3, -0.25) is 4.79 Å². The Labute approximate surface area is 122 Å². The minimum absolute atomic E-state index is 0.207. The van der Waals surface area contributed by atoms with Crippen LogP contribution in [-0.4, -0.2) is 5.91 Å². The first-order valence-corrected chi connectivity index (χ1v) is 6.55. The van der Waals surface area contributed by atoms with Crippen LogP contribution >= 0.6 is 11.6 Å². The number of nitrogens with zero attached hydrogens (tertiary/aromatic N) is 1. The monoisotopic (exact) mass is 284 g/mol. The van der Waals surface area contributed by atoms with Crippen LogP contribution in [0.15, 0.2) is 48.5 Å². The topological polar surface area (TPSA) is 52.9 Å². The summed E-state index contributed by atoms with van der Waals surface area (Å²) in [4.78, 5) is 12.1. The van der Waals surface area contributed by atoms with Gasteiger partial charge in [-0.15, -0.1) is 0 Å². The fourth-order valence-corrected chi connectivity index (χ4v) is 2.21. The highest BCUT2D eigenvalue weighted by Crippen LogP contribution is 2.22. The first-order chi connectivity index (χ1) is 9.61. The van der Waals surface area contributed by atoms with Gasteiger partial charge < -0.3 is 5.32 Å². The predicted octanol–water partition coefficient (Wildman–Crippen LogP) is 3.70. The third-order valence-corrected chi connectivity index (χ3v) is 3.32. The Hall–Kier alpha value is -2.31. The number of halogens is 1. The molecule has 0 spiro atoms. The number of nitrogens with one attached hydrogen (secondary N) is 1. The molecule has 100 valence electrons. The summed E-state index contributed by atoms with van der Waals surface area (Å²) in [6, 6.07) is 15.8. The Morgan fingerprint density at radius 3 is 2.70 bits per heavy atom. The van der Waals surface area contributed by atoms with Crippen LogP contribution in [0.5, 0.6) is 0 Å². The second kappa shape index (κ2) is 6.23. The summed E-state index contributed by atoms with van der Waals surface area (Å²) in [5, 5.41) is 12.3. The molecule has 3 nitrogen and oxygen atoms in total. The highest BCUT2D eigenvalue weighted by molar-refractivity contribution is 6.31. The molecule has 0 radical (unpaired) electrons. The van der Waals surface area contributed by atoms with Gasteiger partial charge in [-0.2, -0.15) is 5.26 Å². The molecule has 0 aromatic heterocycles. The Morgan fingerprint density at radius 2 is 2.00 bits per heavy atom. The predicted molar refractivity (Wildman–Crippen MR) is 78.5 cm³/mol. The summed E-state index contributed by atoms with van der Waals surface area (Å²) in [6.07, 6.45) is 0. The van der Waals surface area contributed by atoms with Gasteiger partial charge in [0.05, 0.1) is 17.7 Å². The third-order valence-electron chi connectivity index (χ3n) is 2.97. The smallest absolute Gasteiger partial charge is 0.251 e. The Morgan fingerprint density at radius 1 is 1.25 bits per heavy atom. The van der Waals surface area contributed by atoms with Crippen molar-refractivity contribution in [1.82, 2.24) is 5.32 Å². The number of rotatable bonds is 3. The molecule has 4 heteroatoms. The van der Waals surface area contributed by atoms with Crippen molar-refractivity contribution in [2.24, 2.45) is 0 Å². The highest BCUT2D eigenvalue weighted by Gasteiger charge is 2.13. The van der Waals surface area contributed by atoms with E-state index in [4.69, 9.17) is 16.9 Å². The molecule has 20 heavy (non-hydrogen) atoms. The van der Waals surface area contributed by atoms with Gasteiger partial charge in [0.15, 0.2) is 0 Å². The normalized spacial score (nSPS) is 11.4. The molecule has 1 N–H and O–H groups in total. The number of nitriles is 1. The SMILES string of the molecule is C[C@@H](NC(=O)c1cccc(C#N)c1)c1ccccc1Cl. The molecular formula is C16H13ClN2O. The number of amides is 1. The lowest BCUT2D eigenvalue weighted by atomic mass is 10.1. The molecule has 1 atom stereocenters. The molecule has 0 saturated carbocycles. The standard InChI is InChI=1S/C16H13ClN2O/c1-11(14-7-2-3-8-15(14)17)19-16(20)13-6-4-5-12(9-13)10-18/h2-9,11H,1H3,(H,19,20)/t11-/m1/s1. The van der Waals surface area contributed by atoms with Crippen LogP contribution < -0.4 is 5.32 Å². The summed E-state index contributed by atoms with van der Waals surface area (Å²) in [7, 11) is 0. The maximum atomic E-state index is 12.1. The molecule has 0 saturated heterocycles. The summed E-state index contributed by atoms with van der Waals surface area (Å²) in [5.41, 5.74) is 1.78. The van der Waals surface area contributed by atoms with Crippen molar-refractivity contribution in [2.75, 3.05) is 0 Å². The molecular weight excluding hydrogens is 272 g/mol. The zero-order valence-corrected chi connectivity index (χ0v) is 11.7. The van der Waals surface area contributed by atoms with Gasteiger partial charge in [-0.1, -0.05) is 35.9 Å². The van der Waals surface area contributed by atoms with Crippen molar-refractivity contribution in [3.8, 4) is 6.07 Å². The highest BCUT2D eigenvalue weighted by atomic mass is 35.5. The van der Waals surface area contributed by atoms with Gasteiger partial charge in [0.25, 0.3) is 5.91 Å². The summed E-state index contributed by atoms with van der Waals surface area (Å²) >= 11 is 6.10. The van der Waals surface area contributed by atoms with Crippen LogP contribution in [-0.2, 0) is 0 Å². The van der Waals surface area contributed by atoms with E-state index in [0.717, 1.165) is 5.56 Å². The Kier molecular flexibility index (Phi) is 4.39. The quantitative estimate of drug-likeness (QED) is 0.934. The van der Waals surface area contributed by atoms with E-state index in [2.05, 4.69) is 5.32 Å². The average Bonchev–Trinajstić information content (AvgIpc) is 2.47. The van der Waals surface area contributed by atoms with E-state index in [-0.39, 0.29) is 11.9 Å². The average molecular weight is 285 g/mol. The number of hydrogen-bond donors (Lipinski definition) is 1. The van der Waals surface area contributed by atoms with Crippen molar-refractivity contribution in [3.63, 3.8) is 0 Å². The molecule has 1 amide bonds. The number of carbonyl (C=O) groups is 1. The third kappa shape index (κ3) is 3.17. The lowest BCUT2D eigenvalue weighted by Crippen LogP contribution is -2.26. The summed E-state index contributed by atoms with van der Waals surface area (Å²) in [6.45, 7) is 1.87. The number of carbonyl (C=O) groups excluding carboxylic acids is 1. The van der Waals surface area contributed by atoms with E-state index in [0.29, 0.717) is 16.1 Å². The van der Waals surface area contributed by atoms with Crippen molar-refractivity contribution in [3.05, 3.63) is 70.2 Å². The van der Waals surface area contributed by atoms with E-state index in [1.807, 2.05) is 31.2 Å². The van der Waals surface area contributed by atoms with Crippen molar-refractivity contribution < 1.29 is 4.79 Å². The van der Waals surface area contributed by atoms with Gasteiger partial charge in [0.2, 0.25) is 0 Å². The molecule has 0 fully saturated rings. The van der Waals surface area contributed by atoms with Gasteiger partial charge >= 0.3 is 0 Å². The maximum Gasteiger partial charge on any atom is 0.251 e. The second-order valence-electron chi connectivity index (χ2n) is 4.41. The first-order valence-electron chi connectivity index (χ1n) is 6.17. The minimum Gasteiger partial charge on any atom is -0.345 e. The van der Waals surface area contributed by atoms with Gasteiger partial charge in [-0.05, 0) is 36.8 Å². The molecule has 0 aliphatic heterocycles.